The largest absolute Gasteiger partial charge is 0.460 e. The van der Waals surface area contributed by atoms with Crippen LogP contribution in [0.15, 0.2) is 43.5 Å². The van der Waals surface area contributed by atoms with Crippen molar-refractivity contribution in [2.45, 2.75) is 32.4 Å². The Morgan fingerprint density at radius 3 is 2.50 bits per heavy atom. The Morgan fingerprint density at radius 2 is 1.86 bits per heavy atom. The number of carbonyl (C=O) groups excluding carboxylic acids is 3. The summed E-state index contributed by atoms with van der Waals surface area (Å²) >= 11 is 0. The van der Waals surface area contributed by atoms with Crippen molar-refractivity contribution >= 4 is 23.7 Å². The van der Waals surface area contributed by atoms with E-state index >= 15 is 0 Å². The number of hydrogen-bond donors (Lipinski definition) is 3. The summed E-state index contributed by atoms with van der Waals surface area (Å²) < 4.78 is 9.75. The molecule has 1 aromatic rings. The molecule has 1 rings (SSSR count). The van der Waals surface area contributed by atoms with Crippen LogP contribution in [0.1, 0.15) is 24.0 Å². The molecule has 0 aliphatic carbocycles. The highest BCUT2D eigenvalue weighted by Crippen LogP contribution is 2.18. The van der Waals surface area contributed by atoms with E-state index in [0.29, 0.717) is 11.3 Å². The number of alkyl carbamates (subject to hydrolysis) is 1. The van der Waals surface area contributed by atoms with Gasteiger partial charge in [-0.3, -0.25) is 4.79 Å². The summed E-state index contributed by atoms with van der Waals surface area (Å²) in [5.41, 5.74) is 1.99. The summed E-state index contributed by atoms with van der Waals surface area (Å²) in [6.07, 6.45) is 1.91. The smallest absolute Gasteiger partial charge is 0.408 e. The van der Waals surface area contributed by atoms with Crippen molar-refractivity contribution in [2.24, 2.45) is 0 Å². The SMILES string of the molecule is C=CCOC(=O)N[C@@H](CCC(=O)Nc1cc(C)ccc1CO)C(=O)OCC=C. The molecule has 1 aromatic carbocycles. The fraction of sp³-hybridized carbons (Fsp3) is 0.350. The number of aliphatic hydroxyl groups excluding tert-OH is 1. The lowest BCUT2D eigenvalue weighted by molar-refractivity contribution is -0.145. The average Bonchev–Trinajstić information content (AvgIpc) is 2.67. The molecule has 0 spiro atoms. The molecule has 0 bridgehead atoms. The van der Waals surface area contributed by atoms with Gasteiger partial charge >= 0.3 is 12.1 Å². The zero-order valence-corrected chi connectivity index (χ0v) is 15.9. The van der Waals surface area contributed by atoms with Gasteiger partial charge in [-0.2, -0.15) is 0 Å². The van der Waals surface area contributed by atoms with Gasteiger partial charge in [0.25, 0.3) is 0 Å². The molecular weight excluding hydrogens is 364 g/mol. The Labute approximate surface area is 164 Å². The van der Waals surface area contributed by atoms with E-state index in [1.807, 2.05) is 13.0 Å². The lowest BCUT2D eigenvalue weighted by atomic mass is 10.1. The van der Waals surface area contributed by atoms with Gasteiger partial charge in [-0.15, -0.1) is 0 Å². The number of rotatable bonds is 11. The molecule has 0 fully saturated rings. The molecule has 0 unspecified atom stereocenters. The monoisotopic (exact) mass is 390 g/mol. The molecule has 0 aliphatic heterocycles. The van der Waals surface area contributed by atoms with Crippen LogP contribution < -0.4 is 10.6 Å². The first-order valence-corrected chi connectivity index (χ1v) is 8.73. The first-order valence-electron chi connectivity index (χ1n) is 8.73. The minimum absolute atomic E-state index is 0.00523. The van der Waals surface area contributed by atoms with E-state index in [9.17, 15) is 19.5 Å². The summed E-state index contributed by atoms with van der Waals surface area (Å²) in [6, 6.07) is 4.23. The number of ether oxygens (including phenoxy) is 2. The van der Waals surface area contributed by atoms with Crippen LogP contribution in [0.2, 0.25) is 0 Å². The van der Waals surface area contributed by atoms with E-state index in [4.69, 9.17) is 9.47 Å². The lowest BCUT2D eigenvalue weighted by Gasteiger charge is -2.17. The first kappa shape index (κ1) is 22.9. The van der Waals surface area contributed by atoms with Crippen molar-refractivity contribution in [1.82, 2.24) is 5.32 Å². The van der Waals surface area contributed by atoms with Crippen LogP contribution >= 0.6 is 0 Å². The molecule has 0 radical (unpaired) electrons. The van der Waals surface area contributed by atoms with Gasteiger partial charge in [-0.25, -0.2) is 9.59 Å². The van der Waals surface area contributed by atoms with Crippen molar-refractivity contribution in [3.05, 3.63) is 54.6 Å². The van der Waals surface area contributed by atoms with E-state index in [0.717, 1.165) is 5.56 Å². The number of nitrogens with one attached hydrogen (secondary N) is 2. The van der Waals surface area contributed by atoms with Gasteiger partial charge in [0.1, 0.15) is 19.3 Å². The van der Waals surface area contributed by atoms with Crippen LogP contribution in [0, 0.1) is 6.92 Å². The number of amides is 2. The summed E-state index contributed by atoms with van der Waals surface area (Å²) in [7, 11) is 0. The summed E-state index contributed by atoms with van der Waals surface area (Å²) in [6.45, 7) is 8.49. The molecule has 0 saturated heterocycles. The minimum Gasteiger partial charge on any atom is -0.460 e. The predicted octanol–water partition coefficient (Wildman–Crippen LogP) is 2.22. The quantitative estimate of drug-likeness (QED) is 0.394. The summed E-state index contributed by atoms with van der Waals surface area (Å²) in [5.74, 6) is -1.07. The minimum atomic E-state index is -1.06. The van der Waals surface area contributed by atoms with Crippen LogP contribution in [-0.2, 0) is 25.7 Å². The molecule has 3 N–H and O–H groups in total. The maximum Gasteiger partial charge on any atom is 0.408 e. The van der Waals surface area contributed by atoms with Crippen LogP contribution in [0.3, 0.4) is 0 Å². The normalized spacial score (nSPS) is 11.1. The van der Waals surface area contributed by atoms with Crippen LogP contribution in [0.5, 0.6) is 0 Å². The van der Waals surface area contributed by atoms with Crippen LogP contribution in [-0.4, -0.2) is 42.3 Å². The molecule has 0 heterocycles. The van der Waals surface area contributed by atoms with Crippen molar-refractivity contribution in [2.75, 3.05) is 18.5 Å². The maximum atomic E-state index is 12.3. The molecule has 8 heteroatoms. The van der Waals surface area contributed by atoms with E-state index in [-0.39, 0.29) is 38.6 Å². The van der Waals surface area contributed by atoms with E-state index in [1.54, 1.807) is 12.1 Å². The second kappa shape index (κ2) is 12.3. The fourth-order valence-corrected chi connectivity index (χ4v) is 2.24. The molecular formula is C20H26N2O6. The van der Waals surface area contributed by atoms with Gasteiger partial charge < -0.3 is 25.2 Å². The van der Waals surface area contributed by atoms with Gasteiger partial charge in [0.2, 0.25) is 5.91 Å². The summed E-state index contributed by atoms with van der Waals surface area (Å²) in [5, 5.41) is 14.5. The Morgan fingerprint density at radius 1 is 1.18 bits per heavy atom. The first-order chi connectivity index (χ1) is 13.4. The number of anilines is 1. The van der Waals surface area contributed by atoms with E-state index < -0.39 is 18.1 Å². The number of aliphatic hydroxyl groups is 1. The number of hydrogen-bond acceptors (Lipinski definition) is 6. The Balaban J connectivity index is 2.71. The number of aryl methyl sites for hydroxylation is 1. The molecule has 1 atom stereocenters. The van der Waals surface area contributed by atoms with Gasteiger partial charge in [0, 0.05) is 17.7 Å². The number of carbonyl (C=O) groups is 3. The second-order valence-corrected chi connectivity index (χ2v) is 5.91. The fourth-order valence-electron chi connectivity index (χ4n) is 2.24. The molecule has 152 valence electrons. The molecule has 2 amide bonds. The highest BCUT2D eigenvalue weighted by Gasteiger charge is 2.24. The average molecular weight is 390 g/mol. The van der Waals surface area contributed by atoms with Crippen molar-refractivity contribution in [3.63, 3.8) is 0 Å². The highest BCUT2D eigenvalue weighted by atomic mass is 16.6. The van der Waals surface area contributed by atoms with Crippen molar-refractivity contribution < 1.29 is 29.0 Å². The Hall–Kier alpha value is -3.13. The van der Waals surface area contributed by atoms with Crippen molar-refractivity contribution in [1.29, 1.82) is 0 Å². The third-order valence-electron chi connectivity index (χ3n) is 3.62. The lowest BCUT2D eigenvalue weighted by Crippen LogP contribution is -2.42. The third kappa shape index (κ3) is 8.05. The molecule has 0 saturated carbocycles. The van der Waals surface area contributed by atoms with Crippen molar-refractivity contribution in [3.8, 4) is 0 Å². The predicted molar refractivity (Wildman–Crippen MR) is 105 cm³/mol. The van der Waals surface area contributed by atoms with Gasteiger partial charge in [0.15, 0.2) is 0 Å². The maximum absolute atomic E-state index is 12.3. The third-order valence-corrected chi connectivity index (χ3v) is 3.62. The zero-order chi connectivity index (χ0) is 20.9. The highest BCUT2D eigenvalue weighted by molar-refractivity contribution is 5.92. The van der Waals surface area contributed by atoms with Crippen LogP contribution in [0.4, 0.5) is 10.5 Å². The number of esters is 1. The zero-order valence-electron chi connectivity index (χ0n) is 15.9. The van der Waals surface area contributed by atoms with Gasteiger partial charge in [-0.05, 0) is 25.0 Å². The Kier molecular flexibility index (Phi) is 10.1. The topological polar surface area (TPSA) is 114 Å². The molecule has 0 aliphatic rings. The Bertz CT molecular complexity index is 717. The molecule has 8 nitrogen and oxygen atoms in total. The van der Waals surface area contributed by atoms with Gasteiger partial charge in [0.05, 0.1) is 6.61 Å². The van der Waals surface area contributed by atoms with E-state index in [1.165, 1.54) is 12.2 Å². The molecule has 28 heavy (non-hydrogen) atoms. The standard InChI is InChI=1S/C20H26N2O6/c1-4-10-27-19(25)16(22-20(26)28-11-5-2)8-9-18(24)21-17-12-14(3)6-7-15(17)13-23/h4-7,12,16,23H,1-2,8-11,13H2,3H3,(H,21,24)(H,22,26)/t16-/m0/s1. The number of benzene rings is 1. The van der Waals surface area contributed by atoms with E-state index in [2.05, 4.69) is 23.8 Å². The summed E-state index contributed by atoms with van der Waals surface area (Å²) in [4.78, 5) is 36.1. The van der Waals surface area contributed by atoms with Crippen LogP contribution in [0.25, 0.3) is 0 Å². The molecule has 0 aromatic heterocycles. The second-order valence-electron chi connectivity index (χ2n) is 5.91. The van der Waals surface area contributed by atoms with Gasteiger partial charge in [-0.1, -0.05) is 37.4 Å².